The second-order valence-electron chi connectivity index (χ2n) is 5.15. The highest BCUT2D eigenvalue weighted by atomic mass is 32.2. The number of nitrogens with zero attached hydrogens (tertiary/aromatic N) is 1. The number of aliphatic imine (C=N–C) groups is 1. The van der Waals surface area contributed by atoms with Crippen LogP contribution >= 0.6 is 0 Å². The van der Waals surface area contributed by atoms with E-state index >= 15 is 0 Å². The first kappa shape index (κ1) is 14.9. The molecule has 0 aromatic heterocycles. The maximum Gasteiger partial charge on any atom is 0.272 e. The molecule has 1 N–H and O–H groups in total. The molecule has 6 heteroatoms. The van der Waals surface area contributed by atoms with Gasteiger partial charge < -0.3 is 0 Å². The number of fused-ring (bicyclic) bond motifs is 1. The quantitative estimate of drug-likeness (QED) is 0.850. The lowest BCUT2D eigenvalue weighted by molar-refractivity contribution is -0.114. The van der Waals surface area contributed by atoms with Crippen molar-refractivity contribution in [3.63, 3.8) is 0 Å². The van der Waals surface area contributed by atoms with Crippen LogP contribution in [0.5, 0.6) is 0 Å². The zero-order valence-electron chi connectivity index (χ0n) is 11.8. The van der Waals surface area contributed by atoms with Gasteiger partial charge in [0.15, 0.2) is 0 Å². The fraction of sp³-hybridized carbons (Fsp3) is 0.429. The van der Waals surface area contributed by atoms with Crippen molar-refractivity contribution in [2.45, 2.75) is 20.3 Å². The second kappa shape index (κ2) is 5.46. The molecule has 0 saturated carbocycles. The van der Waals surface area contributed by atoms with E-state index in [4.69, 9.17) is 0 Å². The van der Waals surface area contributed by atoms with Crippen LogP contribution in [-0.4, -0.2) is 32.8 Å². The number of sulfonamides is 1. The highest BCUT2D eigenvalue weighted by molar-refractivity contribution is 7.88. The van der Waals surface area contributed by atoms with Gasteiger partial charge in [-0.25, -0.2) is 18.1 Å². The number of hydrogen-bond acceptors (Lipinski definition) is 3. The predicted molar refractivity (Wildman–Crippen MR) is 79.0 cm³/mol. The summed E-state index contributed by atoms with van der Waals surface area (Å²) < 4.78 is 24.4. The average Bonchev–Trinajstić information content (AvgIpc) is 2.31. The Morgan fingerprint density at radius 1 is 1.25 bits per heavy atom. The molecule has 0 saturated heterocycles. The fourth-order valence-electron chi connectivity index (χ4n) is 2.20. The normalized spacial score (nSPS) is 22.6. The lowest BCUT2D eigenvalue weighted by Gasteiger charge is -2.22. The van der Waals surface area contributed by atoms with Gasteiger partial charge in [-0.05, 0) is 31.9 Å². The first-order valence-electron chi connectivity index (χ1n) is 6.41. The standard InChI is InChI=1S/C14H18N2O3S/c1-9-6-12-8-11(4-5-15-20(3,18)19)14(17)16-13(12)7-10(9)2/h6-8,12,15H,4-5H2,1-3H3. The number of dihydropyridines is 1. The first-order valence-corrected chi connectivity index (χ1v) is 8.31. The van der Waals surface area contributed by atoms with E-state index in [-0.39, 0.29) is 18.4 Å². The second-order valence-corrected chi connectivity index (χ2v) is 6.99. The molecule has 1 unspecified atom stereocenters. The van der Waals surface area contributed by atoms with Crippen molar-refractivity contribution < 1.29 is 13.2 Å². The minimum Gasteiger partial charge on any atom is -0.267 e. The smallest absolute Gasteiger partial charge is 0.267 e. The molecule has 0 aromatic rings. The molecule has 5 nitrogen and oxygen atoms in total. The topological polar surface area (TPSA) is 75.6 Å². The van der Waals surface area contributed by atoms with Gasteiger partial charge in [0.05, 0.1) is 12.0 Å². The Balaban J connectivity index is 2.11. The fourth-order valence-corrected chi connectivity index (χ4v) is 2.67. The third-order valence-electron chi connectivity index (χ3n) is 3.40. The maximum absolute atomic E-state index is 11.9. The molecule has 0 bridgehead atoms. The molecule has 0 spiro atoms. The summed E-state index contributed by atoms with van der Waals surface area (Å²) in [4.78, 5) is 16.0. The first-order chi connectivity index (χ1) is 9.26. The van der Waals surface area contributed by atoms with Crippen molar-refractivity contribution in [1.29, 1.82) is 0 Å². The summed E-state index contributed by atoms with van der Waals surface area (Å²) in [5.74, 6) is -0.256. The van der Waals surface area contributed by atoms with Crippen LogP contribution in [-0.2, 0) is 14.8 Å². The Morgan fingerprint density at radius 2 is 1.95 bits per heavy atom. The molecule has 1 aliphatic heterocycles. The Labute approximate surface area is 119 Å². The van der Waals surface area contributed by atoms with Crippen LogP contribution in [0.3, 0.4) is 0 Å². The third kappa shape index (κ3) is 3.52. The number of carbonyl (C=O) groups is 1. The van der Waals surface area contributed by atoms with Gasteiger partial charge in [0.25, 0.3) is 5.91 Å². The summed E-state index contributed by atoms with van der Waals surface area (Å²) in [6.07, 6.45) is 7.33. The van der Waals surface area contributed by atoms with E-state index in [1.807, 2.05) is 26.0 Å². The van der Waals surface area contributed by atoms with Crippen molar-refractivity contribution >= 4 is 21.6 Å². The number of amides is 1. The Hall–Kier alpha value is -1.53. The van der Waals surface area contributed by atoms with Crippen LogP contribution < -0.4 is 4.72 Å². The van der Waals surface area contributed by atoms with Crippen LogP contribution in [0.25, 0.3) is 0 Å². The molecule has 1 atom stereocenters. The molecule has 2 aliphatic rings. The molecular weight excluding hydrogens is 276 g/mol. The van der Waals surface area contributed by atoms with Gasteiger partial charge in [0.2, 0.25) is 10.0 Å². The van der Waals surface area contributed by atoms with Gasteiger partial charge >= 0.3 is 0 Å². The average molecular weight is 294 g/mol. The van der Waals surface area contributed by atoms with Crippen LogP contribution in [0.15, 0.2) is 39.9 Å². The van der Waals surface area contributed by atoms with Crippen LogP contribution in [0, 0.1) is 5.92 Å². The lowest BCUT2D eigenvalue weighted by Crippen LogP contribution is -2.26. The van der Waals surface area contributed by atoms with Crippen molar-refractivity contribution in [3.05, 3.63) is 34.9 Å². The number of carbonyl (C=O) groups excluding carboxylic acids is 1. The van der Waals surface area contributed by atoms with Crippen LogP contribution in [0.1, 0.15) is 20.3 Å². The minimum atomic E-state index is -3.23. The van der Waals surface area contributed by atoms with E-state index in [9.17, 15) is 13.2 Å². The van der Waals surface area contributed by atoms with Crippen molar-refractivity contribution in [3.8, 4) is 0 Å². The van der Waals surface area contributed by atoms with Crippen molar-refractivity contribution in [1.82, 2.24) is 4.72 Å². The van der Waals surface area contributed by atoms with Gasteiger partial charge in [-0.15, -0.1) is 0 Å². The van der Waals surface area contributed by atoms with Crippen molar-refractivity contribution in [2.75, 3.05) is 12.8 Å². The summed E-state index contributed by atoms with van der Waals surface area (Å²) in [6.45, 7) is 4.23. The monoisotopic (exact) mass is 294 g/mol. The van der Waals surface area contributed by atoms with E-state index in [1.54, 1.807) is 0 Å². The highest BCUT2D eigenvalue weighted by Gasteiger charge is 2.24. The van der Waals surface area contributed by atoms with E-state index in [0.717, 1.165) is 17.5 Å². The zero-order chi connectivity index (χ0) is 14.9. The van der Waals surface area contributed by atoms with Gasteiger partial charge in [-0.1, -0.05) is 17.7 Å². The molecule has 20 heavy (non-hydrogen) atoms. The molecule has 1 amide bonds. The number of hydrogen-bond donors (Lipinski definition) is 1. The Morgan fingerprint density at radius 3 is 2.60 bits per heavy atom. The predicted octanol–water partition coefficient (Wildman–Crippen LogP) is 1.36. The summed E-state index contributed by atoms with van der Waals surface area (Å²) >= 11 is 0. The Bertz CT molecular complexity index is 667. The minimum absolute atomic E-state index is 0.0182. The van der Waals surface area contributed by atoms with E-state index in [0.29, 0.717) is 12.0 Å². The van der Waals surface area contributed by atoms with Crippen LogP contribution in [0.4, 0.5) is 0 Å². The highest BCUT2D eigenvalue weighted by Crippen LogP contribution is 2.26. The van der Waals surface area contributed by atoms with E-state index in [1.165, 1.54) is 5.57 Å². The molecular formula is C14H18N2O3S. The molecule has 0 fully saturated rings. The zero-order valence-corrected chi connectivity index (χ0v) is 12.6. The van der Waals surface area contributed by atoms with Gasteiger partial charge in [0.1, 0.15) is 0 Å². The largest absolute Gasteiger partial charge is 0.272 e. The van der Waals surface area contributed by atoms with Gasteiger partial charge in [0, 0.05) is 18.0 Å². The maximum atomic E-state index is 11.9. The molecule has 2 rings (SSSR count). The van der Waals surface area contributed by atoms with E-state index in [2.05, 4.69) is 15.8 Å². The van der Waals surface area contributed by atoms with Crippen molar-refractivity contribution in [2.24, 2.45) is 10.9 Å². The molecule has 0 radical (unpaired) electrons. The number of allylic oxidation sites excluding steroid dienone is 5. The SMILES string of the molecule is CC1=CC2=NC(=O)C(CCNS(C)(=O)=O)=CC2C=C1C. The molecule has 1 heterocycles. The summed E-state index contributed by atoms with van der Waals surface area (Å²) in [5, 5.41) is 0. The lowest BCUT2D eigenvalue weighted by atomic mass is 9.86. The summed E-state index contributed by atoms with van der Waals surface area (Å²) in [7, 11) is -3.23. The van der Waals surface area contributed by atoms with Gasteiger partial charge in [-0.2, -0.15) is 0 Å². The van der Waals surface area contributed by atoms with Crippen LogP contribution in [0.2, 0.25) is 0 Å². The number of rotatable bonds is 4. The van der Waals surface area contributed by atoms with E-state index < -0.39 is 10.0 Å². The Kier molecular flexibility index (Phi) is 4.06. The summed E-state index contributed by atoms with van der Waals surface area (Å²) in [6, 6.07) is 0. The molecule has 0 aromatic carbocycles. The number of nitrogens with one attached hydrogen (secondary N) is 1. The van der Waals surface area contributed by atoms with Gasteiger partial charge in [-0.3, -0.25) is 4.79 Å². The summed E-state index contributed by atoms with van der Waals surface area (Å²) in [5.41, 5.74) is 3.61. The third-order valence-corrected chi connectivity index (χ3v) is 4.13. The molecule has 108 valence electrons. The molecule has 1 aliphatic carbocycles.